The minimum Gasteiger partial charge on any atom is -0.352 e. The number of rotatable bonds is 6. The number of carbonyl (C=O) groups excluding carboxylic acids is 2. The summed E-state index contributed by atoms with van der Waals surface area (Å²) in [4.78, 5) is 28.5. The molecule has 2 amide bonds. The van der Waals surface area contributed by atoms with Gasteiger partial charge in [-0.25, -0.2) is 0 Å². The van der Waals surface area contributed by atoms with Crippen LogP contribution < -0.4 is 10.2 Å². The summed E-state index contributed by atoms with van der Waals surface area (Å²) in [5.74, 6) is 0.944. The van der Waals surface area contributed by atoms with Crippen molar-refractivity contribution in [3.8, 4) is 0 Å². The molecule has 0 aliphatic carbocycles. The SMILES string of the molecule is CC1CCN(CCCNC(=O)c2cccc(N3CCCC3=O)c2)CC1. The standard InChI is InChI=1S/C20H29N3O2/c1-16-8-13-22(14-9-16)11-4-10-21-20(25)17-5-2-6-18(15-17)23-12-3-7-19(23)24/h2,5-6,15-16H,3-4,7-14H2,1H3,(H,21,25). The van der Waals surface area contributed by atoms with E-state index in [4.69, 9.17) is 0 Å². The van der Waals surface area contributed by atoms with Crippen LogP contribution in [0.5, 0.6) is 0 Å². The Labute approximate surface area is 150 Å². The van der Waals surface area contributed by atoms with Crippen molar-refractivity contribution < 1.29 is 9.59 Å². The number of nitrogens with zero attached hydrogens (tertiary/aromatic N) is 2. The van der Waals surface area contributed by atoms with Gasteiger partial charge in [-0.1, -0.05) is 13.0 Å². The quantitative estimate of drug-likeness (QED) is 0.808. The first-order valence-electron chi connectivity index (χ1n) is 9.54. The lowest BCUT2D eigenvalue weighted by atomic mass is 9.99. The molecule has 0 aromatic heterocycles. The highest BCUT2D eigenvalue weighted by atomic mass is 16.2. The van der Waals surface area contributed by atoms with E-state index in [1.165, 1.54) is 25.9 Å². The van der Waals surface area contributed by atoms with E-state index in [9.17, 15) is 9.59 Å². The molecular weight excluding hydrogens is 314 g/mol. The summed E-state index contributed by atoms with van der Waals surface area (Å²) in [6.45, 7) is 7.18. The van der Waals surface area contributed by atoms with Crippen molar-refractivity contribution in [2.45, 2.75) is 39.0 Å². The Morgan fingerprint density at radius 2 is 2.04 bits per heavy atom. The molecule has 136 valence electrons. The Morgan fingerprint density at radius 3 is 2.76 bits per heavy atom. The van der Waals surface area contributed by atoms with Gasteiger partial charge < -0.3 is 15.1 Å². The molecule has 2 aliphatic heterocycles. The largest absolute Gasteiger partial charge is 0.352 e. The monoisotopic (exact) mass is 343 g/mol. The van der Waals surface area contributed by atoms with Crippen LogP contribution in [0.4, 0.5) is 5.69 Å². The fourth-order valence-corrected chi connectivity index (χ4v) is 3.63. The van der Waals surface area contributed by atoms with Crippen LogP contribution in [0.15, 0.2) is 24.3 Å². The summed E-state index contributed by atoms with van der Waals surface area (Å²) in [5.41, 5.74) is 1.46. The van der Waals surface area contributed by atoms with Crippen molar-refractivity contribution in [1.29, 1.82) is 0 Å². The first kappa shape index (κ1) is 17.9. The molecule has 0 atom stereocenters. The lowest BCUT2D eigenvalue weighted by Crippen LogP contribution is -2.35. The number of piperidine rings is 1. The molecule has 0 radical (unpaired) electrons. The Kier molecular flexibility index (Phi) is 6.08. The number of nitrogens with one attached hydrogen (secondary N) is 1. The smallest absolute Gasteiger partial charge is 0.251 e. The molecule has 25 heavy (non-hydrogen) atoms. The van der Waals surface area contributed by atoms with E-state index < -0.39 is 0 Å². The maximum absolute atomic E-state index is 12.4. The minimum atomic E-state index is -0.0548. The maximum atomic E-state index is 12.4. The van der Waals surface area contributed by atoms with E-state index in [2.05, 4.69) is 17.1 Å². The zero-order valence-corrected chi connectivity index (χ0v) is 15.2. The second kappa shape index (κ2) is 8.48. The summed E-state index contributed by atoms with van der Waals surface area (Å²) < 4.78 is 0. The molecule has 2 heterocycles. The number of carbonyl (C=O) groups is 2. The topological polar surface area (TPSA) is 52.7 Å². The van der Waals surface area contributed by atoms with Crippen LogP contribution in [0.25, 0.3) is 0 Å². The Morgan fingerprint density at radius 1 is 1.24 bits per heavy atom. The predicted molar refractivity (Wildman–Crippen MR) is 99.8 cm³/mol. The van der Waals surface area contributed by atoms with Gasteiger partial charge in [0.1, 0.15) is 0 Å². The molecule has 1 N–H and O–H groups in total. The van der Waals surface area contributed by atoms with Crippen molar-refractivity contribution in [2.24, 2.45) is 5.92 Å². The zero-order chi connectivity index (χ0) is 17.6. The van der Waals surface area contributed by atoms with E-state index in [0.29, 0.717) is 18.5 Å². The van der Waals surface area contributed by atoms with E-state index in [0.717, 1.165) is 37.5 Å². The third-order valence-corrected chi connectivity index (χ3v) is 5.31. The number of likely N-dealkylation sites (tertiary alicyclic amines) is 1. The highest BCUT2D eigenvalue weighted by Crippen LogP contribution is 2.22. The average Bonchev–Trinajstić information content (AvgIpc) is 3.06. The van der Waals surface area contributed by atoms with Gasteiger partial charge in [0.25, 0.3) is 5.91 Å². The summed E-state index contributed by atoms with van der Waals surface area (Å²) in [6, 6.07) is 7.39. The number of anilines is 1. The van der Waals surface area contributed by atoms with Crippen molar-refractivity contribution in [3.05, 3.63) is 29.8 Å². The lowest BCUT2D eigenvalue weighted by Gasteiger charge is -2.30. The van der Waals surface area contributed by atoms with Crippen LogP contribution >= 0.6 is 0 Å². The summed E-state index contributed by atoms with van der Waals surface area (Å²) in [7, 11) is 0. The molecule has 5 nitrogen and oxygen atoms in total. The van der Waals surface area contributed by atoms with Gasteiger partial charge in [0.2, 0.25) is 5.91 Å². The van der Waals surface area contributed by atoms with E-state index >= 15 is 0 Å². The third-order valence-electron chi connectivity index (χ3n) is 5.31. The van der Waals surface area contributed by atoms with Crippen LogP contribution in [-0.4, -0.2) is 49.4 Å². The molecule has 0 saturated carbocycles. The average molecular weight is 343 g/mol. The predicted octanol–water partition coefficient (Wildman–Crippen LogP) is 2.67. The van der Waals surface area contributed by atoms with Gasteiger partial charge in [-0.15, -0.1) is 0 Å². The first-order chi connectivity index (χ1) is 12.1. The van der Waals surface area contributed by atoms with Crippen LogP contribution in [0.2, 0.25) is 0 Å². The number of hydrogen-bond acceptors (Lipinski definition) is 3. The molecule has 3 rings (SSSR count). The molecule has 1 aromatic rings. The highest BCUT2D eigenvalue weighted by Gasteiger charge is 2.22. The molecule has 1 aromatic carbocycles. The normalized spacial score (nSPS) is 19.4. The van der Waals surface area contributed by atoms with Crippen LogP contribution in [0, 0.1) is 5.92 Å². The van der Waals surface area contributed by atoms with Crippen LogP contribution in [-0.2, 0) is 4.79 Å². The minimum absolute atomic E-state index is 0.0548. The van der Waals surface area contributed by atoms with Crippen LogP contribution in [0.1, 0.15) is 49.4 Å². The zero-order valence-electron chi connectivity index (χ0n) is 15.2. The Hall–Kier alpha value is -1.88. The summed E-state index contributed by atoms with van der Waals surface area (Å²) in [6.07, 6.45) is 5.05. The van der Waals surface area contributed by atoms with Gasteiger partial charge in [0.05, 0.1) is 0 Å². The number of benzene rings is 1. The van der Waals surface area contributed by atoms with Crippen molar-refractivity contribution in [1.82, 2.24) is 10.2 Å². The molecule has 0 unspecified atom stereocenters. The van der Waals surface area contributed by atoms with Gasteiger partial charge in [-0.05, 0) is 69.4 Å². The van der Waals surface area contributed by atoms with Crippen molar-refractivity contribution >= 4 is 17.5 Å². The van der Waals surface area contributed by atoms with Gasteiger partial charge >= 0.3 is 0 Å². The van der Waals surface area contributed by atoms with Gasteiger partial charge in [0, 0.05) is 30.8 Å². The van der Waals surface area contributed by atoms with Gasteiger partial charge in [-0.2, -0.15) is 0 Å². The molecule has 2 saturated heterocycles. The van der Waals surface area contributed by atoms with Crippen LogP contribution in [0.3, 0.4) is 0 Å². The summed E-state index contributed by atoms with van der Waals surface area (Å²) in [5, 5.41) is 3.01. The van der Waals surface area contributed by atoms with Crippen molar-refractivity contribution in [3.63, 3.8) is 0 Å². The second-order valence-corrected chi connectivity index (χ2v) is 7.33. The molecule has 2 aliphatic rings. The Balaban J connectivity index is 1.44. The second-order valence-electron chi connectivity index (χ2n) is 7.33. The van der Waals surface area contributed by atoms with E-state index in [-0.39, 0.29) is 11.8 Å². The Bertz CT molecular complexity index is 609. The molecule has 0 bridgehead atoms. The molecule has 0 spiro atoms. The lowest BCUT2D eigenvalue weighted by molar-refractivity contribution is -0.117. The number of amides is 2. The van der Waals surface area contributed by atoms with Gasteiger partial charge in [-0.3, -0.25) is 9.59 Å². The highest BCUT2D eigenvalue weighted by molar-refractivity contribution is 5.99. The molecular formula is C20H29N3O2. The fraction of sp³-hybridized carbons (Fsp3) is 0.600. The van der Waals surface area contributed by atoms with E-state index in [1.807, 2.05) is 24.3 Å². The van der Waals surface area contributed by atoms with Crippen molar-refractivity contribution in [2.75, 3.05) is 37.6 Å². The first-order valence-corrected chi connectivity index (χ1v) is 9.54. The van der Waals surface area contributed by atoms with E-state index in [1.54, 1.807) is 4.90 Å². The molecule has 2 fully saturated rings. The maximum Gasteiger partial charge on any atom is 0.251 e. The fourth-order valence-electron chi connectivity index (χ4n) is 3.63. The number of hydrogen-bond donors (Lipinski definition) is 1. The summed E-state index contributed by atoms with van der Waals surface area (Å²) >= 11 is 0. The molecule has 5 heteroatoms. The van der Waals surface area contributed by atoms with Gasteiger partial charge in [0.15, 0.2) is 0 Å². The third kappa shape index (κ3) is 4.82.